The molecule has 0 saturated heterocycles. The zero-order chi connectivity index (χ0) is 22.6. The van der Waals surface area contributed by atoms with E-state index in [0.717, 1.165) is 22.0 Å². The van der Waals surface area contributed by atoms with Gasteiger partial charge < -0.3 is 9.64 Å². The molecule has 0 fully saturated rings. The van der Waals surface area contributed by atoms with E-state index in [9.17, 15) is 17.6 Å². The average Bonchev–Trinajstić information content (AvgIpc) is 2.78. The van der Waals surface area contributed by atoms with Gasteiger partial charge >= 0.3 is 0 Å². The summed E-state index contributed by atoms with van der Waals surface area (Å²) >= 11 is 0. The molecule has 0 aromatic heterocycles. The first-order valence-corrected chi connectivity index (χ1v) is 10.9. The van der Waals surface area contributed by atoms with Crippen molar-refractivity contribution >= 4 is 21.6 Å². The molecule has 1 amide bonds. The minimum absolute atomic E-state index is 0.0635. The average molecular weight is 443 g/mol. The van der Waals surface area contributed by atoms with Gasteiger partial charge in [-0.2, -0.15) is 0 Å². The Hall–Kier alpha value is -3.23. The molecule has 8 heteroatoms. The molecule has 31 heavy (non-hydrogen) atoms. The van der Waals surface area contributed by atoms with E-state index in [1.54, 1.807) is 31.4 Å². The molecule has 0 aliphatic carbocycles. The lowest BCUT2D eigenvalue weighted by Crippen LogP contribution is -2.31. The topological polar surface area (TPSA) is 66.9 Å². The number of hydrogen-bond donors (Lipinski definition) is 0. The van der Waals surface area contributed by atoms with Crippen molar-refractivity contribution in [3.05, 3.63) is 89.7 Å². The van der Waals surface area contributed by atoms with Crippen molar-refractivity contribution in [3.8, 4) is 5.75 Å². The van der Waals surface area contributed by atoms with E-state index in [-0.39, 0.29) is 12.1 Å². The maximum atomic E-state index is 14.3. The molecular weight excluding hydrogens is 419 g/mol. The molecule has 0 saturated carbocycles. The number of amides is 1. The number of sulfonamides is 1. The number of rotatable bonds is 7. The Labute approximate surface area is 181 Å². The summed E-state index contributed by atoms with van der Waals surface area (Å²) in [5.74, 6) is -0.731. The van der Waals surface area contributed by atoms with E-state index in [1.807, 2.05) is 30.3 Å². The van der Waals surface area contributed by atoms with E-state index < -0.39 is 26.6 Å². The summed E-state index contributed by atoms with van der Waals surface area (Å²) in [5, 5.41) is 0. The molecule has 3 aromatic rings. The number of benzene rings is 3. The molecule has 0 radical (unpaired) electrons. The van der Waals surface area contributed by atoms with Crippen LogP contribution in [-0.4, -0.2) is 39.8 Å². The van der Waals surface area contributed by atoms with Crippen LogP contribution in [0.5, 0.6) is 5.75 Å². The van der Waals surface area contributed by atoms with Crippen molar-refractivity contribution in [1.82, 2.24) is 4.31 Å². The van der Waals surface area contributed by atoms with Crippen LogP contribution in [0.1, 0.15) is 15.9 Å². The highest BCUT2D eigenvalue weighted by molar-refractivity contribution is 7.89. The third-order valence-electron chi connectivity index (χ3n) is 4.75. The van der Waals surface area contributed by atoms with Gasteiger partial charge in [0.25, 0.3) is 5.91 Å². The van der Waals surface area contributed by atoms with Gasteiger partial charge in [0.1, 0.15) is 16.5 Å². The number of anilines is 1. The Morgan fingerprint density at radius 2 is 1.61 bits per heavy atom. The SMILES string of the molecule is COc1ccc(N(Cc2ccccc2)C(=O)c2ccc(F)c(S(=O)(=O)N(C)C)c2)cc1. The molecule has 0 aliphatic rings. The van der Waals surface area contributed by atoms with Crippen molar-refractivity contribution in [3.63, 3.8) is 0 Å². The lowest BCUT2D eigenvalue weighted by Gasteiger charge is -2.24. The second-order valence-corrected chi connectivity index (χ2v) is 9.13. The molecule has 0 unspecified atom stereocenters. The van der Waals surface area contributed by atoms with Gasteiger partial charge in [-0.25, -0.2) is 17.1 Å². The van der Waals surface area contributed by atoms with Crippen LogP contribution in [0.3, 0.4) is 0 Å². The van der Waals surface area contributed by atoms with Crippen molar-refractivity contribution in [2.75, 3.05) is 26.1 Å². The number of halogens is 1. The fraction of sp³-hybridized carbons (Fsp3) is 0.174. The van der Waals surface area contributed by atoms with E-state index in [2.05, 4.69) is 0 Å². The fourth-order valence-electron chi connectivity index (χ4n) is 3.00. The van der Waals surface area contributed by atoms with Crippen LogP contribution < -0.4 is 9.64 Å². The number of carbonyl (C=O) groups excluding carboxylic acids is 1. The Morgan fingerprint density at radius 1 is 0.968 bits per heavy atom. The molecule has 0 N–H and O–H groups in total. The van der Waals surface area contributed by atoms with Gasteiger partial charge in [-0.1, -0.05) is 30.3 Å². The fourth-order valence-corrected chi connectivity index (χ4v) is 3.98. The maximum absolute atomic E-state index is 14.3. The monoisotopic (exact) mass is 442 g/mol. The highest BCUT2D eigenvalue weighted by atomic mass is 32.2. The molecule has 0 bridgehead atoms. The highest BCUT2D eigenvalue weighted by Gasteiger charge is 2.25. The lowest BCUT2D eigenvalue weighted by atomic mass is 10.1. The summed E-state index contributed by atoms with van der Waals surface area (Å²) in [6.45, 7) is 0.249. The predicted molar refractivity (Wildman–Crippen MR) is 117 cm³/mol. The van der Waals surface area contributed by atoms with Gasteiger partial charge in [-0.15, -0.1) is 0 Å². The van der Waals surface area contributed by atoms with Gasteiger partial charge in [-0.05, 0) is 48.0 Å². The lowest BCUT2D eigenvalue weighted by molar-refractivity contribution is 0.0985. The quantitative estimate of drug-likeness (QED) is 0.556. The molecule has 162 valence electrons. The normalized spacial score (nSPS) is 11.4. The van der Waals surface area contributed by atoms with Crippen LogP contribution in [0.2, 0.25) is 0 Å². The van der Waals surface area contributed by atoms with Gasteiger partial charge in [-0.3, -0.25) is 4.79 Å². The summed E-state index contributed by atoms with van der Waals surface area (Å²) < 4.78 is 45.3. The zero-order valence-electron chi connectivity index (χ0n) is 17.4. The molecule has 6 nitrogen and oxygen atoms in total. The standard InChI is InChI=1S/C23H23FN2O4S/c1-25(2)31(28,29)22-15-18(9-14-21(22)24)23(27)26(16-17-7-5-4-6-8-17)19-10-12-20(30-3)13-11-19/h4-15H,16H2,1-3H3. The number of ether oxygens (including phenoxy) is 1. The Bertz CT molecular complexity index is 1160. The Morgan fingerprint density at radius 3 is 2.19 bits per heavy atom. The van der Waals surface area contributed by atoms with Gasteiger partial charge in [0, 0.05) is 25.3 Å². The second kappa shape index (κ2) is 9.28. The number of nitrogens with zero attached hydrogens (tertiary/aromatic N) is 2. The second-order valence-electron chi connectivity index (χ2n) is 7.01. The molecule has 0 atom stereocenters. The van der Waals surface area contributed by atoms with E-state index >= 15 is 0 Å². The Kier molecular flexibility index (Phi) is 6.72. The van der Waals surface area contributed by atoms with Crippen LogP contribution in [0.25, 0.3) is 0 Å². The van der Waals surface area contributed by atoms with Crippen LogP contribution in [0, 0.1) is 5.82 Å². The van der Waals surface area contributed by atoms with E-state index in [0.29, 0.717) is 11.4 Å². The summed E-state index contributed by atoms with van der Waals surface area (Å²) in [6, 6.07) is 19.7. The molecule has 0 heterocycles. The first kappa shape index (κ1) is 22.5. The zero-order valence-corrected chi connectivity index (χ0v) is 18.3. The van der Waals surface area contributed by atoms with E-state index in [4.69, 9.17) is 4.74 Å². The number of hydrogen-bond acceptors (Lipinski definition) is 4. The minimum Gasteiger partial charge on any atom is -0.497 e. The van der Waals surface area contributed by atoms with Crippen molar-refractivity contribution < 1.29 is 22.3 Å². The first-order valence-electron chi connectivity index (χ1n) is 9.46. The van der Waals surface area contributed by atoms with Crippen molar-refractivity contribution in [1.29, 1.82) is 0 Å². The largest absolute Gasteiger partial charge is 0.497 e. The molecule has 0 spiro atoms. The van der Waals surface area contributed by atoms with E-state index in [1.165, 1.54) is 25.1 Å². The first-order chi connectivity index (χ1) is 14.7. The highest BCUT2D eigenvalue weighted by Crippen LogP contribution is 2.25. The van der Waals surface area contributed by atoms with Crippen molar-refractivity contribution in [2.45, 2.75) is 11.4 Å². The molecular formula is C23H23FN2O4S. The van der Waals surface area contributed by atoms with Gasteiger partial charge in [0.05, 0.1) is 13.7 Å². The molecule has 3 rings (SSSR count). The third-order valence-corrected chi connectivity index (χ3v) is 6.58. The van der Waals surface area contributed by atoms with Crippen LogP contribution in [0.4, 0.5) is 10.1 Å². The summed E-state index contributed by atoms with van der Waals surface area (Å²) in [5.41, 5.74) is 1.54. The predicted octanol–water partition coefficient (Wildman–Crippen LogP) is 3.93. The maximum Gasteiger partial charge on any atom is 0.258 e. The van der Waals surface area contributed by atoms with Gasteiger partial charge in [0.2, 0.25) is 10.0 Å². The summed E-state index contributed by atoms with van der Waals surface area (Å²) in [7, 11) is 0.114. The summed E-state index contributed by atoms with van der Waals surface area (Å²) in [4.78, 5) is 14.4. The minimum atomic E-state index is -4.05. The van der Waals surface area contributed by atoms with Crippen LogP contribution >= 0.6 is 0 Å². The number of carbonyl (C=O) groups is 1. The Balaban J connectivity index is 2.05. The molecule has 3 aromatic carbocycles. The molecule has 0 aliphatic heterocycles. The smallest absolute Gasteiger partial charge is 0.258 e. The number of methoxy groups -OCH3 is 1. The van der Waals surface area contributed by atoms with Crippen LogP contribution in [-0.2, 0) is 16.6 Å². The van der Waals surface area contributed by atoms with Crippen molar-refractivity contribution in [2.24, 2.45) is 0 Å². The summed E-state index contributed by atoms with van der Waals surface area (Å²) in [6.07, 6.45) is 0. The third kappa shape index (κ3) is 4.92. The van der Waals surface area contributed by atoms with Crippen LogP contribution in [0.15, 0.2) is 77.7 Å². The van der Waals surface area contributed by atoms with Gasteiger partial charge in [0.15, 0.2) is 0 Å².